The summed E-state index contributed by atoms with van der Waals surface area (Å²) in [6.45, 7) is 5.17. The van der Waals surface area contributed by atoms with E-state index in [9.17, 15) is 4.79 Å². The summed E-state index contributed by atoms with van der Waals surface area (Å²) in [4.78, 5) is 12.0. The number of methoxy groups -OCH3 is 1. The quantitative estimate of drug-likeness (QED) is 0.819. The predicted molar refractivity (Wildman–Crippen MR) is 82.5 cm³/mol. The first kappa shape index (κ1) is 15.8. The summed E-state index contributed by atoms with van der Waals surface area (Å²) in [6, 6.07) is 6.16. The van der Waals surface area contributed by atoms with Crippen LogP contribution in [-0.4, -0.2) is 26.2 Å². The van der Waals surface area contributed by atoms with Gasteiger partial charge in [-0.1, -0.05) is 13.0 Å². The molecule has 0 saturated heterocycles. The Labute approximate surface area is 126 Å². The molecule has 0 amide bonds. The zero-order valence-corrected chi connectivity index (χ0v) is 13.2. The van der Waals surface area contributed by atoms with E-state index in [0.717, 1.165) is 31.6 Å². The second kappa shape index (κ2) is 6.94. The number of carbonyl (C=O) groups excluding carboxylic acids is 1. The highest BCUT2D eigenvalue weighted by Gasteiger charge is 2.38. The van der Waals surface area contributed by atoms with E-state index in [4.69, 9.17) is 9.47 Å². The van der Waals surface area contributed by atoms with E-state index in [1.165, 1.54) is 11.1 Å². The van der Waals surface area contributed by atoms with Crippen LogP contribution in [0, 0.1) is 0 Å². The third-order valence-corrected chi connectivity index (χ3v) is 4.14. The molecule has 0 bridgehead atoms. The standard InChI is InChI=1S/C17H25NO3/c1-4-18-17(12-16(19)21-5-2)10-6-7-13-11-14(20-3)8-9-15(13)17/h8-9,11,18H,4-7,10,12H2,1-3H3. The van der Waals surface area contributed by atoms with Gasteiger partial charge in [0.15, 0.2) is 0 Å². The van der Waals surface area contributed by atoms with Crippen molar-refractivity contribution in [3.05, 3.63) is 29.3 Å². The van der Waals surface area contributed by atoms with Crippen molar-refractivity contribution in [3.63, 3.8) is 0 Å². The van der Waals surface area contributed by atoms with Gasteiger partial charge in [0.1, 0.15) is 5.75 Å². The first-order valence-electron chi connectivity index (χ1n) is 7.73. The van der Waals surface area contributed by atoms with E-state index < -0.39 is 0 Å². The molecule has 1 aliphatic carbocycles. The number of rotatable bonds is 6. The maximum atomic E-state index is 12.0. The molecular formula is C17H25NO3. The second-order valence-electron chi connectivity index (χ2n) is 5.47. The lowest BCUT2D eigenvalue weighted by Gasteiger charge is -2.39. The summed E-state index contributed by atoms with van der Waals surface area (Å²) >= 11 is 0. The van der Waals surface area contributed by atoms with Gasteiger partial charge in [0.05, 0.1) is 25.7 Å². The molecule has 21 heavy (non-hydrogen) atoms. The van der Waals surface area contributed by atoms with Gasteiger partial charge in [-0.3, -0.25) is 4.79 Å². The summed E-state index contributed by atoms with van der Waals surface area (Å²) in [6.07, 6.45) is 3.43. The summed E-state index contributed by atoms with van der Waals surface area (Å²) in [5, 5.41) is 3.54. The Kier molecular flexibility index (Phi) is 5.23. The van der Waals surface area contributed by atoms with E-state index in [2.05, 4.69) is 24.4 Å². The van der Waals surface area contributed by atoms with E-state index >= 15 is 0 Å². The number of carbonyl (C=O) groups is 1. The lowest BCUT2D eigenvalue weighted by molar-refractivity contribution is -0.145. The molecule has 0 aromatic heterocycles. The molecule has 0 aliphatic heterocycles. The van der Waals surface area contributed by atoms with Crippen molar-refractivity contribution in [2.24, 2.45) is 0 Å². The molecule has 0 radical (unpaired) electrons. The highest BCUT2D eigenvalue weighted by molar-refractivity contribution is 5.71. The number of aryl methyl sites for hydroxylation is 1. The maximum Gasteiger partial charge on any atom is 0.308 e. The summed E-state index contributed by atoms with van der Waals surface area (Å²) in [5.41, 5.74) is 2.18. The molecule has 1 aromatic rings. The molecule has 4 nitrogen and oxygen atoms in total. The monoisotopic (exact) mass is 291 g/mol. The molecule has 1 unspecified atom stereocenters. The van der Waals surface area contributed by atoms with E-state index in [1.54, 1.807) is 7.11 Å². The number of esters is 1. The average Bonchev–Trinajstić information content (AvgIpc) is 2.47. The van der Waals surface area contributed by atoms with E-state index in [0.29, 0.717) is 13.0 Å². The van der Waals surface area contributed by atoms with Crippen LogP contribution in [0.4, 0.5) is 0 Å². The second-order valence-corrected chi connectivity index (χ2v) is 5.47. The number of nitrogens with one attached hydrogen (secondary N) is 1. The molecule has 0 heterocycles. The van der Waals surface area contributed by atoms with Gasteiger partial charge in [-0.25, -0.2) is 0 Å². The fraction of sp³-hybridized carbons (Fsp3) is 0.588. The van der Waals surface area contributed by atoms with Crippen molar-refractivity contribution in [3.8, 4) is 5.75 Å². The molecule has 2 rings (SSSR count). The average molecular weight is 291 g/mol. The van der Waals surface area contributed by atoms with Gasteiger partial charge in [-0.2, -0.15) is 0 Å². The molecular weight excluding hydrogens is 266 g/mol. The van der Waals surface area contributed by atoms with Crippen molar-refractivity contribution in [1.82, 2.24) is 5.32 Å². The number of hydrogen-bond donors (Lipinski definition) is 1. The van der Waals surface area contributed by atoms with Crippen LogP contribution in [0.1, 0.15) is 44.2 Å². The fourth-order valence-corrected chi connectivity index (χ4v) is 3.31. The molecule has 1 aromatic carbocycles. The van der Waals surface area contributed by atoms with Crippen LogP contribution in [0.25, 0.3) is 0 Å². The molecule has 0 spiro atoms. The number of benzene rings is 1. The Morgan fingerprint density at radius 1 is 1.38 bits per heavy atom. The van der Waals surface area contributed by atoms with Crippen LogP contribution < -0.4 is 10.1 Å². The first-order chi connectivity index (χ1) is 10.1. The van der Waals surface area contributed by atoms with Crippen LogP contribution >= 0.6 is 0 Å². The number of fused-ring (bicyclic) bond motifs is 1. The Morgan fingerprint density at radius 2 is 2.19 bits per heavy atom. The minimum Gasteiger partial charge on any atom is -0.497 e. The van der Waals surface area contributed by atoms with Crippen LogP contribution in [0.3, 0.4) is 0 Å². The molecule has 0 fully saturated rings. The van der Waals surface area contributed by atoms with Crippen molar-refractivity contribution in [1.29, 1.82) is 0 Å². The zero-order valence-electron chi connectivity index (χ0n) is 13.2. The SMILES string of the molecule is CCNC1(CC(=O)OCC)CCCc2cc(OC)ccc21. The maximum absolute atomic E-state index is 12.0. The minimum absolute atomic E-state index is 0.137. The molecule has 116 valence electrons. The van der Waals surface area contributed by atoms with Crippen molar-refractivity contribution < 1.29 is 14.3 Å². The first-order valence-corrected chi connectivity index (χ1v) is 7.73. The van der Waals surface area contributed by atoms with Gasteiger partial charge in [0.2, 0.25) is 0 Å². The highest BCUT2D eigenvalue weighted by Crippen LogP contribution is 2.39. The zero-order chi connectivity index (χ0) is 15.3. The third kappa shape index (κ3) is 3.38. The topological polar surface area (TPSA) is 47.6 Å². The largest absolute Gasteiger partial charge is 0.497 e. The summed E-state index contributed by atoms with van der Waals surface area (Å²) < 4.78 is 10.5. The van der Waals surface area contributed by atoms with Gasteiger partial charge < -0.3 is 14.8 Å². The van der Waals surface area contributed by atoms with Crippen molar-refractivity contribution in [2.45, 2.75) is 45.1 Å². The van der Waals surface area contributed by atoms with Crippen molar-refractivity contribution >= 4 is 5.97 Å². The molecule has 1 atom stereocenters. The van der Waals surface area contributed by atoms with Crippen molar-refractivity contribution in [2.75, 3.05) is 20.3 Å². The summed E-state index contributed by atoms with van der Waals surface area (Å²) in [7, 11) is 1.68. The van der Waals surface area contributed by atoms with Gasteiger partial charge in [-0.15, -0.1) is 0 Å². The summed E-state index contributed by atoms with van der Waals surface area (Å²) in [5.74, 6) is 0.735. The predicted octanol–water partition coefficient (Wildman–Crippen LogP) is 2.79. The molecule has 1 aliphatic rings. The Hall–Kier alpha value is -1.55. The third-order valence-electron chi connectivity index (χ3n) is 4.14. The number of ether oxygens (including phenoxy) is 2. The Morgan fingerprint density at radius 3 is 2.86 bits per heavy atom. The van der Waals surface area contributed by atoms with Gasteiger partial charge in [0, 0.05) is 0 Å². The smallest absolute Gasteiger partial charge is 0.308 e. The lowest BCUT2D eigenvalue weighted by atomic mass is 9.74. The molecule has 1 N–H and O–H groups in total. The van der Waals surface area contributed by atoms with E-state index in [1.807, 2.05) is 13.0 Å². The van der Waals surface area contributed by atoms with Crippen LogP contribution in [0.5, 0.6) is 5.75 Å². The molecule has 0 saturated carbocycles. The highest BCUT2D eigenvalue weighted by atomic mass is 16.5. The van der Waals surface area contributed by atoms with Crippen LogP contribution in [0.2, 0.25) is 0 Å². The van der Waals surface area contributed by atoms with E-state index in [-0.39, 0.29) is 11.5 Å². The van der Waals surface area contributed by atoms with Crippen LogP contribution in [0.15, 0.2) is 18.2 Å². The lowest BCUT2D eigenvalue weighted by Crippen LogP contribution is -2.46. The normalized spacial score (nSPS) is 20.7. The minimum atomic E-state index is -0.305. The van der Waals surface area contributed by atoms with Crippen LogP contribution in [-0.2, 0) is 21.5 Å². The molecule has 4 heteroatoms. The Balaban J connectivity index is 2.36. The van der Waals surface area contributed by atoms with Gasteiger partial charge in [0.25, 0.3) is 0 Å². The van der Waals surface area contributed by atoms with Gasteiger partial charge >= 0.3 is 5.97 Å². The van der Waals surface area contributed by atoms with Gasteiger partial charge in [-0.05, 0) is 56.0 Å². The Bertz CT molecular complexity index is 501. The number of hydrogen-bond acceptors (Lipinski definition) is 4. The fourth-order valence-electron chi connectivity index (χ4n) is 3.31.